The lowest BCUT2D eigenvalue weighted by Gasteiger charge is -2.40. The molecular weight excluding hydrogens is 374 g/mol. The molecule has 0 unspecified atom stereocenters. The molecule has 3 atom stereocenters. The van der Waals surface area contributed by atoms with Crippen molar-refractivity contribution >= 4 is 15.9 Å². The Labute approximate surface area is 169 Å². The number of sulfonamides is 1. The molecule has 0 radical (unpaired) electrons. The van der Waals surface area contributed by atoms with Gasteiger partial charge in [-0.3, -0.25) is 9.69 Å². The fraction of sp³-hybridized carbons (Fsp3) is 0.667. The van der Waals surface area contributed by atoms with Crippen LogP contribution in [0.4, 0.5) is 0 Å². The Morgan fingerprint density at radius 2 is 1.64 bits per heavy atom. The first-order valence-corrected chi connectivity index (χ1v) is 11.8. The Morgan fingerprint density at radius 1 is 1.07 bits per heavy atom. The van der Waals surface area contributed by atoms with E-state index in [2.05, 4.69) is 23.5 Å². The second-order valence-electron chi connectivity index (χ2n) is 8.61. The highest BCUT2D eigenvalue weighted by Crippen LogP contribution is 2.23. The number of likely N-dealkylation sites (tertiary alicyclic amines) is 2. The minimum absolute atomic E-state index is 0.0845. The number of carbonyl (C=O) groups is 1. The van der Waals surface area contributed by atoms with E-state index in [0.29, 0.717) is 16.7 Å². The summed E-state index contributed by atoms with van der Waals surface area (Å²) in [5.41, 5.74) is 0. The van der Waals surface area contributed by atoms with Crippen LogP contribution in [0.2, 0.25) is 0 Å². The van der Waals surface area contributed by atoms with Crippen molar-refractivity contribution in [3.63, 3.8) is 0 Å². The standard InChI is InChI=1S/C21H33N3O3S/c1-16-13-17(2)15-24(14-16)21(25)18(3)23-11-9-19(10-12-23)22-28(26,27)20-7-5-4-6-8-20/h4-8,16-19,22H,9-15H2,1-3H3/t16-,17-,18-/m1/s1. The van der Waals surface area contributed by atoms with Gasteiger partial charge in [0.05, 0.1) is 10.9 Å². The lowest BCUT2D eigenvalue weighted by atomic mass is 9.91. The SMILES string of the molecule is C[C@@H]1C[C@@H](C)CN(C(=O)[C@@H](C)N2CCC(NS(=O)(=O)c3ccccc3)CC2)C1. The van der Waals surface area contributed by atoms with Crippen LogP contribution < -0.4 is 4.72 Å². The maximum absolute atomic E-state index is 13.0. The van der Waals surface area contributed by atoms with Gasteiger partial charge >= 0.3 is 0 Å². The van der Waals surface area contributed by atoms with Gasteiger partial charge in [0.25, 0.3) is 0 Å². The summed E-state index contributed by atoms with van der Waals surface area (Å²) >= 11 is 0. The molecule has 6 nitrogen and oxygen atoms in total. The Kier molecular flexibility index (Phi) is 6.78. The van der Waals surface area contributed by atoms with Crippen molar-refractivity contribution < 1.29 is 13.2 Å². The molecule has 0 aromatic heterocycles. The molecule has 1 amide bonds. The number of carbonyl (C=O) groups excluding carboxylic acids is 1. The number of benzene rings is 1. The van der Waals surface area contributed by atoms with E-state index in [0.717, 1.165) is 39.0 Å². The third kappa shape index (κ3) is 5.13. The minimum Gasteiger partial charge on any atom is -0.341 e. The molecule has 1 N–H and O–H groups in total. The second-order valence-corrected chi connectivity index (χ2v) is 10.3. The largest absolute Gasteiger partial charge is 0.341 e. The maximum Gasteiger partial charge on any atom is 0.240 e. The first-order valence-electron chi connectivity index (χ1n) is 10.4. The summed E-state index contributed by atoms with van der Waals surface area (Å²) in [6, 6.07) is 8.25. The molecule has 2 aliphatic rings. The molecule has 1 aromatic rings. The Balaban J connectivity index is 1.52. The highest BCUT2D eigenvalue weighted by atomic mass is 32.2. The van der Waals surface area contributed by atoms with Crippen LogP contribution in [0.5, 0.6) is 0 Å². The van der Waals surface area contributed by atoms with Crippen molar-refractivity contribution in [1.82, 2.24) is 14.5 Å². The number of rotatable bonds is 5. The predicted octanol–water partition coefficient (Wildman–Crippen LogP) is 2.32. The Bertz CT molecular complexity index is 750. The molecule has 0 aliphatic carbocycles. The molecule has 3 rings (SSSR count). The minimum atomic E-state index is -3.49. The molecule has 0 spiro atoms. The zero-order chi connectivity index (χ0) is 20.3. The van der Waals surface area contributed by atoms with Gasteiger partial charge in [0.15, 0.2) is 0 Å². The fourth-order valence-electron chi connectivity index (χ4n) is 4.56. The van der Waals surface area contributed by atoms with Crippen LogP contribution in [0.3, 0.4) is 0 Å². The number of amides is 1. The van der Waals surface area contributed by atoms with E-state index in [1.54, 1.807) is 30.3 Å². The lowest BCUT2D eigenvalue weighted by molar-refractivity contribution is -0.139. The van der Waals surface area contributed by atoms with Gasteiger partial charge in [-0.25, -0.2) is 13.1 Å². The molecule has 0 saturated carbocycles. The molecule has 2 heterocycles. The van der Waals surface area contributed by atoms with Crippen LogP contribution in [0.25, 0.3) is 0 Å². The van der Waals surface area contributed by atoms with Crippen molar-refractivity contribution in [2.45, 2.75) is 57.0 Å². The van der Waals surface area contributed by atoms with Crippen molar-refractivity contribution in [3.05, 3.63) is 30.3 Å². The van der Waals surface area contributed by atoms with Gasteiger partial charge in [-0.1, -0.05) is 32.0 Å². The Morgan fingerprint density at radius 3 is 2.21 bits per heavy atom. The van der Waals surface area contributed by atoms with Gasteiger partial charge in [-0.15, -0.1) is 0 Å². The van der Waals surface area contributed by atoms with Crippen LogP contribution in [0, 0.1) is 11.8 Å². The fourth-order valence-corrected chi connectivity index (χ4v) is 5.88. The summed E-state index contributed by atoms with van der Waals surface area (Å²) in [4.78, 5) is 17.5. The van der Waals surface area contributed by atoms with Gasteiger partial charge < -0.3 is 4.90 Å². The highest BCUT2D eigenvalue weighted by molar-refractivity contribution is 7.89. The Hall–Kier alpha value is -1.44. The van der Waals surface area contributed by atoms with Gasteiger partial charge in [0.2, 0.25) is 15.9 Å². The van der Waals surface area contributed by atoms with Crippen molar-refractivity contribution in [2.24, 2.45) is 11.8 Å². The van der Waals surface area contributed by atoms with Crippen molar-refractivity contribution in [3.8, 4) is 0 Å². The molecule has 2 aliphatic heterocycles. The van der Waals surface area contributed by atoms with E-state index in [1.165, 1.54) is 6.42 Å². The average Bonchev–Trinajstić information content (AvgIpc) is 2.67. The highest BCUT2D eigenvalue weighted by Gasteiger charge is 2.33. The number of nitrogens with one attached hydrogen (secondary N) is 1. The quantitative estimate of drug-likeness (QED) is 0.813. The van der Waals surface area contributed by atoms with Crippen molar-refractivity contribution in [2.75, 3.05) is 26.2 Å². The first-order chi connectivity index (χ1) is 13.3. The maximum atomic E-state index is 13.0. The zero-order valence-electron chi connectivity index (χ0n) is 17.2. The smallest absolute Gasteiger partial charge is 0.240 e. The van der Waals surface area contributed by atoms with E-state index in [-0.39, 0.29) is 18.0 Å². The third-order valence-corrected chi connectivity index (χ3v) is 7.53. The summed E-state index contributed by atoms with van der Waals surface area (Å²) in [5.74, 6) is 1.32. The monoisotopic (exact) mass is 407 g/mol. The lowest BCUT2D eigenvalue weighted by Crippen LogP contribution is -2.54. The molecule has 1 aromatic carbocycles. The number of piperidine rings is 2. The zero-order valence-corrected chi connectivity index (χ0v) is 18.0. The first kappa shape index (κ1) is 21.3. The molecule has 156 valence electrons. The van der Waals surface area contributed by atoms with Crippen LogP contribution >= 0.6 is 0 Å². The molecule has 28 heavy (non-hydrogen) atoms. The second kappa shape index (κ2) is 8.93. The van der Waals surface area contributed by atoms with Gasteiger partial charge in [0, 0.05) is 32.2 Å². The van der Waals surface area contributed by atoms with Crippen LogP contribution in [0.15, 0.2) is 35.2 Å². The summed E-state index contributed by atoms with van der Waals surface area (Å²) in [6.07, 6.45) is 2.62. The molecule has 2 saturated heterocycles. The van der Waals surface area contributed by atoms with Gasteiger partial charge in [0.1, 0.15) is 0 Å². The number of nitrogens with zero attached hydrogens (tertiary/aromatic N) is 2. The van der Waals surface area contributed by atoms with E-state index < -0.39 is 10.0 Å². The van der Waals surface area contributed by atoms with Crippen LogP contribution in [-0.4, -0.2) is 62.4 Å². The molecule has 7 heteroatoms. The summed E-state index contributed by atoms with van der Waals surface area (Å²) in [5, 5.41) is 0. The summed E-state index contributed by atoms with van der Waals surface area (Å²) in [6.45, 7) is 9.57. The number of hydrogen-bond donors (Lipinski definition) is 1. The van der Waals surface area contributed by atoms with Crippen LogP contribution in [0.1, 0.15) is 40.0 Å². The third-order valence-electron chi connectivity index (χ3n) is 5.99. The normalized spacial score (nSPS) is 26.2. The molecule has 2 fully saturated rings. The van der Waals surface area contributed by atoms with E-state index in [9.17, 15) is 13.2 Å². The summed E-state index contributed by atoms with van der Waals surface area (Å²) in [7, 11) is -3.49. The predicted molar refractivity (Wildman–Crippen MR) is 110 cm³/mol. The topological polar surface area (TPSA) is 69.7 Å². The molecular formula is C21H33N3O3S. The van der Waals surface area contributed by atoms with Crippen LogP contribution in [-0.2, 0) is 14.8 Å². The van der Waals surface area contributed by atoms with E-state index in [4.69, 9.17) is 0 Å². The summed E-state index contributed by atoms with van der Waals surface area (Å²) < 4.78 is 27.8. The number of hydrogen-bond acceptors (Lipinski definition) is 4. The average molecular weight is 408 g/mol. The van der Waals surface area contributed by atoms with E-state index >= 15 is 0 Å². The van der Waals surface area contributed by atoms with Gasteiger partial charge in [-0.05, 0) is 50.2 Å². The van der Waals surface area contributed by atoms with E-state index in [1.807, 2.05) is 11.8 Å². The van der Waals surface area contributed by atoms with Gasteiger partial charge in [-0.2, -0.15) is 0 Å². The van der Waals surface area contributed by atoms with Crippen molar-refractivity contribution in [1.29, 1.82) is 0 Å². The molecule has 0 bridgehead atoms.